The van der Waals surface area contributed by atoms with Gasteiger partial charge in [-0.3, -0.25) is 19.2 Å². The number of carboxylic acid groups (broad SMARTS) is 2. The van der Waals surface area contributed by atoms with E-state index < -0.39 is 66.2 Å². The van der Waals surface area contributed by atoms with Crippen molar-refractivity contribution < 1.29 is 34.2 Å². The smallest absolute Gasteiger partial charge is 0.326 e. The van der Waals surface area contributed by atoms with Gasteiger partial charge in [0.2, 0.25) is 17.7 Å². The number of carbonyl (C=O) groups is 5. The second-order valence-electron chi connectivity index (χ2n) is 8.37. The molecule has 7 N–H and O–H groups in total. The fourth-order valence-corrected chi connectivity index (χ4v) is 3.64. The Hall–Kier alpha value is -3.12. The molecule has 0 aliphatic rings. The summed E-state index contributed by atoms with van der Waals surface area (Å²) in [5.41, 5.74) is 6.31. The molecule has 0 spiro atoms. The molecule has 194 valence electrons. The van der Waals surface area contributed by atoms with Crippen molar-refractivity contribution in [3.8, 4) is 0 Å². The Balaban J connectivity index is 2.94. The minimum absolute atomic E-state index is 0.0640. The monoisotopic (exact) mass is 510 g/mol. The Labute approximate surface area is 208 Å². The molecule has 11 nitrogen and oxygen atoms in total. The van der Waals surface area contributed by atoms with E-state index >= 15 is 0 Å². The maximum atomic E-state index is 13.0. The topological polar surface area (TPSA) is 188 Å². The number of nitrogens with two attached hydrogens (primary N) is 1. The van der Waals surface area contributed by atoms with Gasteiger partial charge in [0, 0.05) is 6.42 Å². The number of rotatable bonds is 15. The van der Waals surface area contributed by atoms with Crippen molar-refractivity contribution >= 4 is 41.4 Å². The zero-order valence-electron chi connectivity index (χ0n) is 20.0. The molecule has 35 heavy (non-hydrogen) atoms. The van der Waals surface area contributed by atoms with Crippen LogP contribution < -0.4 is 21.7 Å². The first kappa shape index (κ1) is 29.9. The third-order valence-electron chi connectivity index (χ3n) is 5.12. The summed E-state index contributed by atoms with van der Waals surface area (Å²) in [4.78, 5) is 60.8. The van der Waals surface area contributed by atoms with E-state index in [1.807, 2.05) is 6.26 Å². The summed E-state index contributed by atoms with van der Waals surface area (Å²) in [7, 11) is 0. The SMILES string of the molecule is CSCCC(NC(=O)C(N)CC(=O)O)C(=O)NC(C(=O)NC(Cc1ccccc1)C(=O)O)C(C)C. The van der Waals surface area contributed by atoms with Crippen LogP contribution in [0.2, 0.25) is 0 Å². The van der Waals surface area contributed by atoms with Crippen LogP contribution in [0.1, 0.15) is 32.3 Å². The van der Waals surface area contributed by atoms with E-state index in [1.54, 1.807) is 44.2 Å². The van der Waals surface area contributed by atoms with Crippen molar-refractivity contribution in [2.45, 2.75) is 57.3 Å². The molecule has 1 aromatic carbocycles. The second kappa shape index (κ2) is 15.0. The van der Waals surface area contributed by atoms with Gasteiger partial charge in [-0.15, -0.1) is 0 Å². The number of aliphatic carboxylic acids is 2. The lowest BCUT2D eigenvalue weighted by atomic mass is 10.0. The van der Waals surface area contributed by atoms with Crippen molar-refractivity contribution in [1.29, 1.82) is 0 Å². The first-order valence-electron chi connectivity index (χ1n) is 11.1. The fraction of sp³-hybridized carbons (Fsp3) is 0.522. The largest absolute Gasteiger partial charge is 0.481 e. The maximum absolute atomic E-state index is 13.0. The van der Waals surface area contributed by atoms with Gasteiger partial charge < -0.3 is 31.9 Å². The summed E-state index contributed by atoms with van der Waals surface area (Å²) in [5.74, 6) is -4.48. The molecule has 0 aromatic heterocycles. The highest BCUT2D eigenvalue weighted by atomic mass is 32.2. The molecule has 0 saturated heterocycles. The summed E-state index contributed by atoms with van der Waals surface area (Å²) in [6.07, 6.45) is 1.50. The van der Waals surface area contributed by atoms with E-state index in [-0.39, 0.29) is 12.8 Å². The van der Waals surface area contributed by atoms with Crippen LogP contribution in [-0.4, -0.2) is 76.0 Å². The molecular formula is C23H34N4O7S. The van der Waals surface area contributed by atoms with Gasteiger partial charge in [-0.05, 0) is 29.9 Å². The van der Waals surface area contributed by atoms with Crippen molar-refractivity contribution in [3.63, 3.8) is 0 Å². The first-order chi connectivity index (χ1) is 16.5. The number of amides is 3. The first-order valence-corrected chi connectivity index (χ1v) is 12.5. The summed E-state index contributed by atoms with van der Waals surface area (Å²) < 4.78 is 0. The molecule has 12 heteroatoms. The maximum Gasteiger partial charge on any atom is 0.326 e. The number of carboxylic acids is 2. The highest BCUT2D eigenvalue weighted by Gasteiger charge is 2.32. The Bertz CT molecular complexity index is 882. The summed E-state index contributed by atoms with van der Waals surface area (Å²) in [5, 5.41) is 25.9. The third kappa shape index (κ3) is 10.8. The zero-order chi connectivity index (χ0) is 26.5. The van der Waals surface area contributed by atoms with Crippen LogP contribution in [0.5, 0.6) is 0 Å². The van der Waals surface area contributed by atoms with Crippen LogP contribution in [0, 0.1) is 5.92 Å². The van der Waals surface area contributed by atoms with Gasteiger partial charge in [0.1, 0.15) is 18.1 Å². The van der Waals surface area contributed by atoms with E-state index in [0.717, 1.165) is 5.56 Å². The molecule has 4 atom stereocenters. The van der Waals surface area contributed by atoms with E-state index in [4.69, 9.17) is 10.8 Å². The summed E-state index contributed by atoms with van der Waals surface area (Å²) in [6.45, 7) is 3.38. The summed E-state index contributed by atoms with van der Waals surface area (Å²) >= 11 is 1.44. The molecule has 4 unspecified atom stereocenters. The second-order valence-corrected chi connectivity index (χ2v) is 9.35. The molecule has 0 aliphatic heterocycles. The van der Waals surface area contributed by atoms with Gasteiger partial charge >= 0.3 is 11.9 Å². The lowest BCUT2D eigenvalue weighted by molar-refractivity contribution is -0.142. The number of hydrogen-bond acceptors (Lipinski definition) is 7. The number of carbonyl (C=O) groups excluding carboxylic acids is 3. The predicted octanol–water partition coefficient (Wildman–Crippen LogP) is -0.0208. The van der Waals surface area contributed by atoms with Gasteiger partial charge in [0.25, 0.3) is 0 Å². The van der Waals surface area contributed by atoms with Crippen LogP contribution >= 0.6 is 11.8 Å². The number of nitrogens with one attached hydrogen (secondary N) is 3. The number of benzene rings is 1. The number of hydrogen-bond donors (Lipinski definition) is 6. The summed E-state index contributed by atoms with van der Waals surface area (Å²) in [6, 6.07) is 4.15. The standard InChI is InChI=1S/C23H34N4O7S/c1-13(2)19(22(32)26-17(23(33)34)11-14-7-5-4-6-8-14)27-21(31)16(9-10-35-3)25-20(30)15(24)12-18(28)29/h4-8,13,15-17,19H,9-12,24H2,1-3H3,(H,25,30)(H,26,32)(H,27,31)(H,28,29)(H,33,34). The van der Waals surface area contributed by atoms with Gasteiger partial charge in [0.05, 0.1) is 12.5 Å². The van der Waals surface area contributed by atoms with Crippen LogP contribution in [-0.2, 0) is 30.4 Å². The van der Waals surface area contributed by atoms with Gasteiger partial charge in [-0.2, -0.15) is 11.8 Å². The van der Waals surface area contributed by atoms with E-state index in [2.05, 4.69) is 16.0 Å². The Morgan fingerprint density at radius 1 is 0.914 bits per heavy atom. The normalized spacial score (nSPS) is 14.3. The highest BCUT2D eigenvalue weighted by molar-refractivity contribution is 7.98. The third-order valence-corrected chi connectivity index (χ3v) is 5.76. The molecule has 1 aromatic rings. The van der Waals surface area contributed by atoms with Gasteiger partial charge in [-0.1, -0.05) is 44.2 Å². The van der Waals surface area contributed by atoms with Crippen molar-refractivity contribution in [3.05, 3.63) is 35.9 Å². The minimum atomic E-state index is -1.34. The highest BCUT2D eigenvalue weighted by Crippen LogP contribution is 2.09. The predicted molar refractivity (Wildman–Crippen MR) is 132 cm³/mol. The van der Waals surface area contributed by atoms with E-state index in [1.165, 1.54) is 11.8 Å². The van der Waals surface area contributed by atoms with Crippen molar-refractivity contribution in [1.82, 2.24) is 16.0 Å². The average Bonchev–Trinajstić information content (AvgIpc) is 2.79. The minimum Gasteiger partial charge on any atom is -0.481 e. The van der Waals surface area contributed by atoms with Crippen LogP contribution in [0.3, 0.4) is 0 Å². The lowest BCUT2D eigenvalue weighted by Gasteiger charge is -2.27. The molecule has 0 heterocycles. The fourth-order valence-electron chi connectivity index (χ4n) is 3.16. The quantitative estimate of drug-likeness (QED) is 0.188. The molecule has 0 radical (unpaired) electrons. The number of thioether (sulfide) groups is 1. The van der Waals surface area contributed by atoms with Crippen LogP contribution in [0.25, 0.3) is 0 Å². The average molecular weight is 511 g/mol. The molecule has 0 aliphatic carbocycles. The van der Waals surface area contributed by atoms with E-state index in [9.17, 15) is 29.1 Å². The molecule has 0 saturated carbocycles. The van der Waals surface area contributed by atoms with Gasteiger partial charge in [0.15, 0.2) is 0 Å². The molecule has 0 fully saturated rings. The molecule has 3 amide bonds. The molecule has 0 bridgehead atoms. The van der Waals surface area contributed by atoms with E-state index in [0.29, 0.717) is 5.75 Å². The van der Waals surface area contributed by atoms with Crippen molar-refractivity contribution in [2.75, 3.05) is 12.0 Å². The van der Waals surface area contributed by atoms with Crippen molar-refractivity contribution in [2.24, 2.45) is 11.7 Å². The lowest BCUT2D eigenvalue weighted by Crippen LogP contribution is -2.58. The van der Waals surface area contributed by atoms with Crippen LogP contribution in [0.4, 0.5) is 0 Å². The molecule has 1 rings (SSSR count). The Morgan fingerprint density at radius 3 is 2.03 bits per heavy atom. The van der Waals surface area contributed by atoms with Crippen LogP contribution in [0.15, 0.2) is 30.3 Å². The van der Waals surface area contributed by atoms with Gasteiger partial charge in [-0.25, -0.2) is 4.79 Å². The Kier molecular flexibility index (Phi) is 12.8. The Morgan fingerprint density at radius 2 is 1.51 bits per heavy atom. The molecular weight excluding hydrogens is 476 g/mol. The zero-order valence-corrected chi connectivity index (χ0v) is 20.8.